The summed E-state index contributed by atoms with van der Waals surface area (Å²) in [6.45, 7) is 2.72. The van der Waals surface area contributed by atoms with E-state index in [4.69, 9.17) is 5.84 Å². The SMILES string of the molecule is CC1C=C(c2ccc3cnn(C)c3c2)C=CC1N(Cc1ccc(C(=O)NN)cc1)C(=O)N1CCS(=O)(=O)CC1. The molecule has 2 aromatic carbocycles. The highest BCUT2D eigenvalue weighted by Gasteiger charge is 2.33. The minimum Gasteiger partial charge on any atom is -0.323 e. The molecule has 11 heteroatoms. The molecule has 0 radical (unpaired) electrons. The van der Waals surface area contributed by atoms with Gasteiger partial charge in [0.25, 0.3) is 5.91 Å². The standard InChI is InChI=1S/C28H32N6O4S/c1-19-15-22(23-7-8-24-17-30-32(2)26(24)16-23)9-10-25(19)34(28(36)33-11-13-39(37,38)14-12-33)18-20-3-5-21(6-4-20)27(35)31-29/h3-10,15-17,19,25H,11-14,18,29H2,1-2H3,(H,31,35). The Morgan fingerprint density at radius 1 is 1.13 bits per heavy atom. The molecule has 10 nitrogen and oxygen atoms in total. The van der Waals surface area contributed by atoms with Crippen molar-refractivity contribution in [2.24, 2.45) is 18.8 Å². The summed E-state index contributed by atoms with van der Waals surface area (Å²) in [7, 11) is -1.21. The Bertz CT molecular complexity index is 1560. The monoisotopic (exact) mass is 548 g/mol. The van der Waals surface area contributed by atoms with Crippen LogP contribution in [0.3, 0.4) is 0 Å². The quantitative estimate of drug-likeness (QED) is 0.286. The lowest BCUT2D eigenvalue weighted by molar-refractivity contribution is 0.0953. The van der Waals surface area contributed by atoms with Crippen LogP contribution in [0.4, 0.5) is 4.79 Å². The molecule has 1 aliphatic carbocycles. The van der Waals surface area contributed by atoms with Crippen LogP contribution in [0.1, 0.15) is 28.4 Å². The van der Waals surface area contributed by atoms with Crippen LogP contribution in [0.2, 0.25) is 0 Å². The van der Waals surface area contributed by atoms with Crippen molar-refractivity contribution in [2.75, 3.05) is 24.6 Å². The van der Waals surface area contributed by atoms with Gasteiger partial charge in [-0.25, -0.2) is 19.1 Å². The number of carbonyl (C=O) groups is 2. The number of rotatable bonds is 5. The summed E-state index contributed by atoms with van der Waals surface area (Å²) in [6.07, 6.45) is 8.09. The number of aromatic nitrogens is 2. The summed E-state index contributed by atoms with van der Waals surface area (Å²) >= 11 is 0. The second-order valence-electron chi connectivity index (χ2n) is 10.1. The summed E-state index contributed by atoms with van der Waals surface area (Å²) in [5.41, 5.74) is 6.56. The molecule has 5 rings (SSSR count). The van der Waals surface area contributed by atoms with Crippen molar-refractivity contribution in [3.8, 4) is 0 Å². The first-order chi connectivity index (χ1) is 18.6. The maximum Gasteiger partial charge on any atom is 0.320 e. The number of nitrogen functional groups attached to an aromatic ring is 1. The van der Waals surface area contributed by atoms with Crippen LogP contribution < -0.4 is 11.3 Å². The third kappa shape index (κ3) is 5.59. The Morgan fingerprint density at radius 2 is 1.85 bits per heavy atom. The van der Waals surface area contributed by atoms with Crippen LogP contribution in [0.15, 0.2) is 66.9 Å². The number of nitrogens with two attached hydrogens (primary N) is 1. The highest BCUT2D eigenvalue weighted by Crippen LogP contribution is 2.31. The lowest BCUT2D eigenvalue weighted by atomic mass is 9.88. The van der Waals surface area contributed by atoms with Gasteiger partial charge in [0.2, 0.25) is 0 Å². The zero-order valence-electron chi connectivity index (χ0n) is 21.9. The lowest BCUT2D eigenvalue weighted by Crippen LogP contribution is -2.53. The minimum absolute atomic E-state index is 0.00741. The normalized spacial score (nSPS) is 20.5. The molecule has 3 aromatic rings. The van der Waals surface area contributed by atoms with Gasteiger partial charge in [0.05, 0.1) is 29.3 Å². The molecule has 2 heterocycles. The molecule has 1 aliphatic heterocycles. The van der Waals surface area contributed by atoms with E-state index < -0.39 is 15.7 Å². The highest BCUT2D eigenvalue weighted by atomic mass is 32.2. The van der Waals surface area contributed by atoms with E-state index in [1.807, 2.05) is 30.1 Å². The first-order valence-corrected chi connectivity index (χ1v) is 14.7. The molecule has 1 fully saturated rings. The molecule has 204 valence electrons. The van der Waals surface area contributed by atoms with Crippen LogP contribution in [0.5, 0.6) is 0 Å². The van der Waals surface area contributed by atoms with Crippen molar-refractivity contribution >= 4 is 38.3 Å². The first-order valence-electron chi connectivity index (χ1n) is 12.8. The van der Waals surface area contributed by atoms with Crippen LogP contribution in [0, 0.1) is 5.92 Å². The van der Waals surface area contributed by atoms with E-state index in [1.165, 1.54) is 0 Å². The van der Waals surface area contributed by atoms with E-state index in [1.54, 1.807) is 34.1 Å². The van der Waals surface area contributed by atoms with Gasteiger partial charge in [-0.1, -0.05) is 49.4 Å². The van der Waals surface area contributed by atoms with Gasteiger partial charge < -0.3 is 9.80 Å². The Hall–Kier alpha value is -3.96. The topological polar surface area (TPSA) is 131 Å². The predicted octanol–water partition coefficient (Wildman–Crippen LogP) is 2.49. The molecular formula is C28H32N6O4S. The van der Waals surface area contributed by atoms with E-state index in [0.29, 0.717) is 12.1 Å². The van der Waals surface area contributed by atoms with Crippen molar-refractivity contribution < 1.29 is 18.0 Å². The number of allylic oxidation sites excluding steroid dienone is 2. The molecule has 0 bridgehead atoms. The van der Waals surface area contributed by atoms with Gasteiger partial charge in [0.15, 0.2) is 9.84 Å². The number of benzene rings is 2. The summed E-state index contributed by atoms with van der Waals surface area (Å²) in [6, 6.07) is 12.7. The van der Waals surface area contributed by atoms with Crippen LogP contribution in [0.25, 0.3) is 16.5 Å². The summed E-state index contributed by atoms with van der Waals surface area (Å²) in [5, 5.41) is 5.40. The predicted molar refractivity (Wildman–Crippen MR) is 150 cm³/mol. The number of hydrogen-bond donors (Lipinski definition) is 2. The van der Waals surface area contributed by atoms with E-state index in [-0.39, 0.29) is 42.6 Å². The average Bonchev–Trinajstić information content (AvgIpc) is 3.31. The maximum absolute atomic E-state index is 13.8. The van der Waals surface area contributed by atoms with Crippen molar-refractivity contribution in [2.45, 2.75) is 19.5 Å². The zero-order chi connectivity index (χ0) is 27.7. The Kier molecular flexibility index (Phi) is 7.28. The Labute approximate surface area is 227 Å². The third-order valence-electron chi connectivity index (χ3n) is 7.46. The summed E-state index contributed by atoms with van der Waals surface area (Å²) in [5.74, 6) is 4.77. The number of urea groups is 1. The molecule has 0 saturated carbocycles. The number of hydrazine groups is 1. The van der Waals surface area contributed by atoms with Crippen molar-refractivity contribution in [3.05, 3.63) is 83.6 Å². The van der Waals surface area contributed by atoms with E-state index in [0.717, 1.165) is 27.6 Å². The number of fused-ring (bicyclic) bond motifs is 1. The lowest BCUT2D eigenvalue weighted by Gasteiger charge is -2.39. The van der Waals surface area contributed by atoms with Crippen molar-refractivity contribution in [1.82, 2.24) is 25.0 Å². The molecule has 0 spiro atoms. The van der Waals surface area contributed by atoms with E-state index >= 15 is 0 Å². The highest BCUT2D eigenvalue weighted by molar-refractivity contribution is 7.91. The van der Waals surface area contributed by atoms with Gasteiger partial charge in [-0.05, 0) is 40.8 Å². The average molecular weight is 549 g/mol. The molecule has 1 saturated heterocycles. The molecular weight excluding hydrogens is 516 g/mol. The van der Waals surface area contributed by atoms with Crippen LogP contribution >= 0.6 is 0 Å². The van der Waals surface area contributed by atoms with Crippen molar-refractivity contribution in [1.29, 1.82) is 0 Å². The van der Waals surface area contributed by atoms with Gasteiger partial charge in [-0.15, -0.1) is 0 Å². The minimum atomic E-state index is -3.13. The number of aryl methyl sites for hydroxylation is 1. The Morgan fingerprint density at radius 3 is 2.51 bits per heavy atom. The molecule has 2 aliphatic rings. The fraction of sp³-hybridized carbons (Fsp3) is 0.321. The van der Waals surface area contributed by atoms with Gasteiger partial charge in [-0.2, -0.15) is 5.10 Å². The van der Waals surface area contributed by atoms with Gasteiger partial charge in [-0.3, -0.25) is 14.9 Å². The number of nitrogens with zero attached hydrogens (tertiary/aromatic N) is 4. The van der Waals surface area contributed by atoms with Gasteiger partial charge >= 0.3 is 6.03 Å². The zero-order valence-corrected chi connectivity index (χ0v) is 22.8. The molecule has 39 heavy (non-hydrogen) atoms. The molecule has 2 unspecified atom stereocenters. The molecule has 3 N–H and O–H groups in total. The second-order valence-corrected chi connectivity index (χ2v) is 12.4. The fourth-order valence-corrected chi connectivity index (χ4v) is 6.35. The molecule has 2 atom stereocenters. The number of amides is 3. The second kappa shape index (κ2) is 10.7. The number of carbonyl (C=O) groups excluding carboxylic acids is 2. The summed E-state index contributed by atoms with van der Waals surface area (Å²) in [4.78, 5) is 29.1. The van der Waals surface area contributed by atoms with Crippen LogP contribution in [-0.2, 0) is 23.4 Å². The Balaban J connectivity index is 1.41. The summed E-state index contributed by atoms with van der Waals surface area (Å²) < 4.78 is 25.8. The van der Waals surface area contributed by atoms with E-state index in [9.17, 15) is 18.0 Å². The maximum atomic E-state index is 13.8. The van der Waals surface area contributed by atoms with Gasteiger partial charge in [0, 0.05) is 37.6 Å². The smallest absolute Gasteiger partial charge is 0.320 e. The largest absolute Gasteiger partial charge is 0.323 e. The molecule has 3 amide bonds. The van der Waals surface area contributed by atoms with Gasteiger partial charge in [0.1, 0.15) is 0 Å². The first kappa shape index (κ1) is 26.6. The molecule has 1 aromatic heterocycles. The number of nitrogens with one attached hydrogen (secondary N) is 1. The third-order valence-corrected chi connectivity index (χ3v) is 9.07. The van der Waals surface area contributed by atoms with E-state index in [2.05, 4.69) is 41.7 Å². The van der Waals surface area contributed by atoms with Crippen molar-refractivity contribution in [3.63, 3.8) is 0 Å². The number of hydrogen-bond acceptors (Lipinski definition) is 6. The van der Waals surface area contributed by atoms with Crippen LogP contribution in [-0.4, -0.2) is 70.6 Å². The number of sulfone groups is 1. The fourth-order valence-electron chi connectivity index (χ4n) is 5.15.